The van der Waals surface area contributed by atoms with Gasteiger partial charge in [0, 0.05) is 33.8 Å². The normalized spacial score (nSPS) is 18.8. The van der Waals surface area contributed by atoms with Gasteiger partial charge < -0.3 is 10.3 Å². The van der Waals surface area contributed by atoms with Crippen LogP contribution in [-0.2, 0) is 10.5 Å². The van der Waals surface area contributed by atoms with Crippen LogP contribution in [0.2, 0.25) is 0 Å². The average molecular weight is 536 g/mol. The molecule has 0 amide bonds. The van der Waals surface area contributed by atoms with Gasteiger partial charge in [0.1, 0.15) is 5.82 Å². The molecule has 0 fully saturated rings. The fraction of sp³-hybridized carbons (Fsp3) is 0.296. The standard InChI is InChI=1S/C27H26BrN3O2S/c1-15-5-4-6-16(11-15)14-34-26-30-24-23(25(33)31-26)21(17-7-9-18(28)10-8-17)22-19(29-24)12-27(2,3)13-20(22)32/h4-11,21H,12-14H2,1-3H3,(H2,29,30,31,33)/t21-/m1/s1. The van der Waals surface area contributed by atoms with Crippen molar-refractivity contribution in [2.24, 2.45) is 5.41 Å². The highest BCUT2D eigenvalue weighted by molar-refractivity contribution is 9.10. The van der Waals surface area contributed by atoms with E-state index in [0.29, 0.717) is 34.3 Å². The molecule has 5 rings (SSSR count). The molecule has 0 spiro atoms. The van der Waals surface area contributed by atoms with Crippen LogP contribution in [-0.4, -0.2) is 15.8 Å². The SMILES string of the molecule is Cc1cccc(CSc2nc3c(c(=O)[nH]2)[C@H](c2ccc(Br)cc2)C2=C(CC(C)(C)CC2=O)N3)c1. The molecule has 0 saturated heterocycles. The van der Waals surface area contributed by atoms with Crippen molar-refractivity contribution in [1.82, 2.24) is 9.97 Å². The van der Waals surface area contributed by atoms with Crippen molar-refractivity contribution in [2.45, 2.75) is 50.4 Å². The summed E-state index contributed by atoms with van der Waals surface area (Å²) in [5.74, 6) is 0.913. The lowest BCUT2D eigenvalue weighted by Crippen LogP contribution is -2.37. The number of aryl methyl sites for hydroxylation is 1. The van der Waals surface area contributed by atoms with Crippen molar-refractivity contribution in [1.29, 1.82) is 0 Å². The quantitative estimate of drug-likeness (QED) is 0.301. The second-order valence-corrected chi connectivity index (χ2v) is 11.7. The molecule has 1 atom stereocenters. The molecule has 1 aromatic heterocycles. The van der Waals surface area contributed by atoms with Crippen molar-refractivity contribution >= 4 is 39.3 Å². The number of carbonyl (C=O) groups excluding carboxylic acids is 1. The maximum absolute atomic E-state index is 13.4. The number of benzene rings is 2. The van der Waals surface area contributed by atoms with Crippen molar-refractivity contribution in [3.05, 3.63) is 96.9 Å². The smallest absolute Gasteiger partial charge is 0.257 e. The Hall–Kier alpha value is -2.64. The van der Waals surface area contributed by atoms with Gasteiger partial charge in [-0.3, -0.25) is 9.59 Å². The highest BCUT2D eigenvalue weighted by atomic mass is 79.9. The maximum atomic E-state index is 13.4. The first kappa shape index (κ1) is 23.1. The number of thioether (sulfide) groups is 1. The summed E-state index contributed by atoms with van der Waals surface area (Å²) in [7, 11) is 0. The number of nitrogens with one attached hydrogen (secondary N) is 2. The van der Waals surface area contributed by atoms with E-state index in [2.05, 4.69) is 65.2 Å². The average Bonchev–Trinajstić information content (AvgIpc) is 2.76. The van der Waals surface area contributed by atoms with Gasteiger partial charge in [-0.2, -0.15) is 0 Å². The first-order chi connectivity index (χ1) is 16.2. The molecule has 1 aliphatic carbocycles. The number of aromatic amines is 1. The van der Waals surface area contributed by atoms with Crippen LogP contribution in [0, 0.1) is 12.3 Å². The van der Waals surface area contributed by atoms with Gasteiger partial charge in [-0.05, 0) is 42.0 Å². The van der Waals surface area contributed by atoms with Gasteiger partial charge in [-0.25, -0.2) is 4.98 Å². The number of carbonyl (C=O) groups is 1. The number of H-pyrrole nitrogens is 1. The molecular weight excluding hydrogens is 510 g/mol. The maximum Gasteiger partial charge on any atom is 0.257 e. The zero-order valence-corrected chi connectivity index (χ0v) is 21.8. The summed E-state index contributed by atoms with van der Waals surface area (Å²) in [6.07, 6.45) is 1.20. The zero-order chi connectivity index (χ0) is 24.0. The van der Waals surface area contributed by atoms with Gasteiger partial charge in [0.05, 0.1) is 5.56 Å². The van der Waals surface area contributed by atoms with Crippen LogP contribution in [0.5, 0.6) is 0 Å². The molecule has 0 bridgehead atoms. The van der Waals surface area contributed by atoms with Crippen LogP contribution < -0.4 is 10.9 Å². The van der Waals surface area contributed by atoms with E-state index in [1.54, 1.807) is 0 Å². The lowest BCUT2D eigenvalue weighted by Gasteiger charge is -2.38. The summed E-state index contributed by atoms with van der Waals surface area (Å²) in [6.45, 7) is 6.28. The number of aromatic nitrogens is 2. The minimum Gasteiger partial charge on any atom is -0.343 e. The molecule has 2 N–H and O–H groups in total. The molecule has 7 heteroatoms. The van der Waals surface area contributed by atoms with Gasteiger partial charge in [-0.1, -0.05) is 83.5 Å². The molecule has 0 radical (unpaired) electrons. The van der Waals surface area contributed by atoms with Gasteiger partial charge in [-0.15, -0.1) is 0 Å². The second kappa shape index (κ2) is 8.86. The van der Waals surface area contributed by atoms with Crippen molar-refractivity contribution in [3.63, 3.8) is 0 Å². The number of anilines is 1. The third kappa shape index (κ3) is 4.51. The van der Waals surface area contributed by atoms with E-state index in [-0.39, 0.29) is 16.8 Å². The van der Waals surface area contributed by atoms with Crippen molar-refractivity contribution in [2.75, 3.05) is 5.32 Å². The third-order valence-electron chi connectivity index (χ3n) is 6.36. The van der Waals surface area contributed by atoms with Gasteiger partial charge in [0.2, 0.25) is 0 Å². The van der Waals surface area contributed by atoms with E-state index in [9.17, 15) is 9.59 Å². The van der Waals surface area contributed by atoms with Crippen LogP contribution in [0.15, 0.2) is 74.2 Å². The molecule has 5 nitrogen and oxygen atoms in total. The summed E-state index contributed by atoms with van der Waals surface area (Å²) in [6, 6.07) is 16.2. The zero-order valence-electron chi connectivity index (χ0n) is 19.4. The Bertz CT molecular complexity index is 1380. The van der Waals surface area contributed by atoms with Crippen LogP contribution in [0.1, 0.15) is 54.9 Å². The first-order valence-corrected chi connectivity index (χ1v) is 13.1. The molecule has 1 aliphatic heterocycles. The Morgan fingerprint density at radius 2 is 1.88 bits per heavy atom. The Labute approximate surface area is 211 Å². The molecule has 34 heavy (non-hydrogen) atoms. The number of nitrogens with zero attached hydrogens (tertiary/aromatic N) is 1. The lowest BCUT2D eigenvalue weighted by molar-refractivity contribution is -0.118. The molecule has 0 unspecified atom stereocenters. The Balaban J connectivity index is 1.58. The minimum atomic E-state index is -0.435. The van der Waals surface area contributed by atoms with Crippen LogP contribution in [0.25, 0.3) is 0 Å². The van der Waals surface area contributed by atoms with Gasteiger partial charge in [0.15, 0.2) is 10.9 Å². The summed E-state index contributed by atoms with van der Waals surface area (Å²) in [5, 5.41) is 3.96. The highest BCUT2D eigenvalue weighted by Crippen LogP contribution is 2.47. The van der Waals surface area contributed by atoms with Crippen LogP contribution >= 0.6 is 27.7 Å². The van der Waals surface area contributed by atoms with E-state index in [1.165, 1.54) is 22.9 Å². The van der Waals surface area contributed by atoms with Crippen molar-refractivity contribution < 1.29 is 4.79 Å². The molecule has 2 heterocycles. The van der Waals surface area contributed by atoms with E-state index in [1.807, 2.05) is 30.3 Å². The topological polar surface area (TPSA) is 74.8 Å². The Kier molecular flexibility index (Phi) is 6.02. The van der Waals surface area contributed by atoms with Crippen LogP contribution in [0.3, 0.4) is 0 Å². The minimum absolute atomic E-state index is 0.0922. The number of Topliss-reactive ketones (excluding diaryl/α,β-unsaturated/α-hetero) is 1. The number of hydrogen-bond acceptors (Lipinski definition) is 5. The molecule has 2 aliphatic rings. The Morgan fingerprint density at radius 1 is 1.12 bits per heavy atom. The number of halogens is 1. The lowest BCUT2D eigenvalue weighted by atomic mass is 9.69. The number of rotatable bonds is 4. The monoisotopic (exact) mass is 535 g/mol. The molecule has 3 aromatic rings. The third-order valence-corrected chi connectivity index (χ3v) is 7.83. The number of hydrogen-bond donors (Lipinski definition) is 2. The number of ketones is 1. The predicted molar refractivity (Wildman–Crippen MR) is 140 cm³/mol. The fourth-order valence-corrected chi connectivity index (χ4v) is 5.97. The van der Waals surface area contributed by atoms with E-state index >= 15 is 0 Å². The van der Waals surface area contributed by atoms with Gasteiger partial charge in [0.25, 0.3) is 5.56 Å². The molecule has 2 aromatic carbocycles. The summed E-state index contributed by atoms with van der Waals surface area (Å²) in [4.78, 5) is 34.5. The van der Waals surface area contributed by atoms with E-state index in [4.69, 9.17) is 4.98 Å². The van der Waals surface area contributed by atoms with E-state index in [0.717, 1.165) is 22.2 Å². The highest BCUT2D eigenvalue weighted by Gasteiger charge is 2.42. The molecule has 174 valence electrons. The van der Waals surface area contributed by atoms with Gasteiger partial charge >= 0.3 is 0 Å². The summed E-state index contributed by atoms with van der Waals surface area (Å²) < 4.78 is 0.950. The number of allylic oxidation sites excluding steroid dienone is 2. The largest absolute Gasteiger partial charge is 0.343 e. The molecule has 0 saturated carbocycles. The second-order valence-electron chi connectivity index (χ2n) is 9.85. The number of fused-ring (bicyclic) bond motifs is 1. The fourth-order valence-electron chi connectivity index (χ4n) is 4.90. The predicted octanol–water partition coefficient (Wildman–Crippen LogP) is 6.33. The van der Waals surface area contributed by atoms with E-state index < -0.39 is 5.92 Å². The van der Waals surface area contributed by atoms with Crippen LogP contribution in [0.4, 0.5) is 5.82 Å². The summed E-state index contributed by atoms with van der Waals surface area (Å²) in [5.41, 5.74) is 5.03. The summed E-state index contributed by atoms with van der Waals surface area (Å²) >= 11 is 4.99. The first-order valence-electron chi connectivity index (χ1n) is 11.3. The van der Waals surface area contributed by atoms with Crippen molar-refractivity contribution in [3.8, 4) is 0 Å². The Morgan fingerprint density at radius 3 is 2.62 bits per heavy atom. The molecular formula is C27H26BrN3O2S.